The topological polar surface area (TPSA) is 127 Å². The van der Waals surface area contributed by atoms with Crippen LogP contribution in [0.15, 0.2) is 60.7 Å². The van der Waals surface area contributed by atoms with Gasteiger partial charge in [-0.1, -0.05) is 24.3 Å². The number of phenols is 1. The fourth-order valence-corrected chi connectivity index (χ4v) is 5.18. The first-order valence-electron chi connectivity index (χ1n) is 12.0. The number of carbonyl (C=O) groups excluding carboxylic acids is 1. The van der Waals surface area contributed by atoms with Crippen LogP contribution in [0.1, 0.15) is 28.4 Å². The summed E-state index contributed by atoms with van der Waals surface area (Å²) in [6.45, 7) is 0.616. The summed E-state index contributed by atoms with van der Waals surface area (Å²) in [4.78, 5) is 29.6. The molecule has 10 nitrogen and oxygen atoms in total. The Balaban J connectivity index is 1.40. The number of rotatable bonds is 5. The van der Waals surface area contributed by atoms with E-state index in [2.05, 4.69) is 11.1 Å². The van der Waals surface area contributed by atoms with Gasteiger partial charge in [0, 0.05) is 35.3 Å². The first-order chi connectivity index (χ1) is 18.4. The van der Waals surface area contributed by atoms with Gasteiger partial charge in [-0.15, -0.1) is 0 Å². The van der Waals surface area contributed by atoms with Crippen LogP contribution in [0.3, 0.4) is 0 Å². The average Bonchev–Trinajstić information content (AvgIpc) is 3.55. The summed E-state index contributed by atoms with van der Waals surface area (Å²) in [5.74, 6) is 0.391. The van der Waals surface area contributed by atoms with Crippen LogP contribution in [0, 0.1) is 10.1 Å². The van der Waals surface area contributed by atoms with Crippen LogP contribution in [0.25, 0.3) is 17.0 Å². The number of fused-ring (bicyclic) bond motifs is 4. The number of aromatic nitrogens is 1. The number of hydrogen-bond donors (Lipinski definition) is 2. The minimum absolute atomic E-state index is 0.0507. The van der Waals surface area contributed by atoms with Crippen LogP contribution in [0.5, 0.6) is 23.0 Å². The van der Waals surface area contributed by atoms with Gasteiger partial charge in [0.2, 0.25) is 18.4 Å². The smallest absolute Gasteiger partial charge is 0.315 e. The number of benzene rings is 3. The average molecular weight is 514 g/mol. The van der Waals surface area contributed by atoms with Crippen LogP contribution in [0.2, 0.25) is 0 Å². The third-order valence-electron chi connectivity index (χ3n) is 6.94. The predicted molar refractivity (Wildman–Crippen MR) is 138 cm³/mol. The van der Waals surface area contributed by atoms with Crippen LogP contribution in [-0.4, -0.2) is 46.3 Å². The van der Waals surface area contributed by atoms with Gasteiger partial charge in [-0.3, -0.25) is 14.9 Å². The number of nitrogens with one attached hydrogen (secondary N) is 1. The molecule has 4 aromatic rings. The second kappa shape index (κ2) is 9.15. The van der Waals surface area contributed by atoms with Crippen molar-refractivity contribution in [2.24, 2.45) is 0 Å². The van der Waals surface area contributed by atoms with Gasteiger partial charge in [-0.25, -0.2) is 0 Å². The van der Waals surface area contributed by atoms with E-state index in [1.165, 1.54) is 31.4 Å². The Kier molecular flexibility index (Phi) is 5.64. The zero-order chi connectivity index (χ0) is 26.4. The van der Waals surface area contributed by atoms with Gasteiger partial charge in [0.05, 0.1) is 18.1 Å². The summed E-state index contributed by atoms with van der Waals surface area (Å²) in [5.41, 5.74) is 3.80. The summed E-state index contributed by atoms with van der Waals surface area (Å²) in [5, 5.41) is 22.5. The van der Waals surface area contributed by atoms with Crippen molar-refractivity contribution in [2.45, 2.75) is 12.5 Å². The minimum Gasteiger partial charge on any atom is -0.500 e. The van der Waals surface area contributed by atoms with E-state index in [4.69, 9.17) is 14.2 Å². The lowest BCUT2D eigenvalue weighted by Gasteiger charge is -2.35. The maximum absolute atomic E-state index is 13.6. The largest absolute Gasteiger partial charge is 0.500 e. The molecule has 1 amide bonds. The molecule has 2 N–H and O–H groups in total. The monoisotopic (exact) mass is 513 g/mol. The molecular formula is C28H23N3O7. The lowest BCUT2D eigenvalue weighted by Crippen LogP contribution is -2.39. The second-order valence-electron chi connectivity index (χ2n) is 9.04. The molecule has 0 fully saturated rings. The van der Waals surface area contributed by atoms with Gasteiger partial charge in [-0.2, -0.15) is 0 Å². The van der Waals surface area contributed by atoms with Gasteiger partial charge < -0.3 is 29.2 Å². The lowest BCUT2D eigenvalue weighted by atomic mass is 9.92. The molecule has 192 valence electrons. The Morgan fingerprint density at radius 1 is 1.18 bits per heavy atom. The normalized spacial score (nSPS) is 16.1. The Bertz CT molecular complexity index is 1620. The third-order valence-corrected chi connectivity index (χ3v) is 6.94. The number of nitro benzene ring substituents is 1. The molecule has 0 aliphatic carbocycles. The minimum atomic E-state index is -0.700. The molecule has 1 aromatic heterocycles. The van der Waals surface area contributed by atoms with E-state index < -0.39 is 22.4 Å². The number of aromatic hydroxyl groups is 1. The number of para-hydroxylation sites is 1. The zero-order valence-corrected chi connectivity index (χ0v) is 20.3. The number of nitrogens with zero attached hydrogens (tertiary/aromatic N) is 2. The fourth-order valence-electron chi connectivity index (χ4n) is 5.18. The van der Waals surface area contributed by atoms with E-state index >= 15 is 0 Å². The number of hydrogen-bond acceptors (Lipinski definition) is 7. The molecule has 0 bridgehead atoms. The van der Waals surface area contributed by atoms with Crippen molar-refractivity contribution in [2.75, 3.05) is 20.4 Å². The highest BCUT2D eigenvalue weighted by Gasteiger charge is 2.34. The number of phenolic OH excluding ortho intramolecular Hbond substituents is 1. The molecule has 0 spiro atoms. The van der Waals surface area contributed by atoms with Crippen molar-refractivity contribution in [3.63, 3.8) is 0 Å². The summed E-state index contributed by atoms with van der Waals surface area (Å²) in [6.07, 6.45) is 3.52. The van der Waals surface area contributed by atoms with Crippen LogP contribution in [-0.2, 0) is 11.2 Å². The van der Waals surface area contributed by atoms with Crippen molar-refractivity contribution in [3.8, 4) is 23.0 Å². The van der Waals surface area contributed by atoms with Gasteiger partial charge in [-0.05, 0) is 53.5 Å². The van der Waals surface area contributed by atoms with E-state index in [0.717, 1.165) is 27.7 Å². The maximum Gasteiger partial charge on any atom is 0.315 e. The molecule has 2 aliphatic heterocycles. The van der Waals surface area contributed by atoms with E-state index in [9.17, 15) is 20.0 Å². The molecule has 0 radical (unpaired) electrons. The predicted octanol–water partition coefficient (Wildman–Crippen LogP) is 4.71. The van der Waals surface area contributed by atoms with E-state index in [1.807, 2.05) is 36.4 Å². The number of carbonyl (C=O) groups is 1. The standard InChI is InChI=1S/C28H23N3O7/c1-36-24-13-16(12-21(28(24)33)31(34)35)6-9-25(32)30-11-10-19-18-4-2-3-5-20(18)29-26(19)27(30)17-7-8-22-23(14-17)38-15-37-22/h2-9,12-14,27,29,33H,10-11,15H2,1H3. The van der Waals surface area contributed by atoms with E-state index in [0.29, 0.717) is 30.0 Å². The van der Waals surface area contributed by atoms with E-state index in [1.54, 1.807) is 4.90 Å². The highest BCUT2D eigenvalue weighted by molar-refractivity contribution is 5.94. The van der Waals surface area contributed by atoms with E-state index in [-0.39, 0.29) is 18.4 Å². The molecule has 0 saturated carbocycles. The number of nitro groups is 1. The quantitative estimate of drug-likeness (QED) is 0.225. The number of methoxy groups -OCH3 is 1. The number of aromatic amines is 1. The Morgan fingerprint density at radius 3 is 2.82 bits per heavy atom. The molecule has 0 saturated heterocycles. The van der Waals surface area contributed by atoms with Crippen molar-refractivity contribution in [1.82, 2.24) is 9.88 Å². The van der Waals surface area contributed by atoms with Crippen molar-refractivity contribution < 1.29 is 29.0 Å². The van der Waals surface area contributed by atoms with Gasteiger partial charge in [0.15, 0.2) is 17.2 Å². The zero-order valence-electron chi connectivity index (χ0n) is 20.3. The molecule has 1 unspecified atom stereocenters. The molecule has 1 atom stereocenters. The van der Waals surface area contributed by atoms with Gasteiger partial charge in [0.25, 0.3) is 0 Å². The molecule has 10 heteroatoms. The number of amides is 1. The van der Waals surface area contributed by atoms with Gasteiger partial charge in [0.1, 0.15) is 0 Å². The molecule has 3 aromatic carbocycles. The molecule has 38 heavy (non-hydrogen) atoms. The Labute approximate surface area is 216 Å². The molecule has 6 rings (SSSR count). The van der Waals surface area contributed by atoms with Gasteiger partial charge >= 0.3 is 5.69 Å². The summed E-state index contributed by atoms with van der Waals surface area (Å²) >= 11 is 0. The number of H-pyrrole nitrogens is 1. The van der Waals surface area contributed by atoms with Crippen molar-refractivity contribution in [3.05, 3.63) is 93.2 Å². The van der Waals surface area contributed by atoms with Crippen molar-refractivity contribution >= 4 is 28.6 Å². The summed E-state index contributed by atoms with van der Waals surface area (Å²) in [7, 11) is 1.30. The summed E-state index contributed by atoms with van der Waals surface area (Å²) in [6, 6.07) is 15.9. The Hall–Kier alpha value is -4.99. The second-order valence-corrected chi connectivity index (χ2v) is 9.04. The van der Waals surface area contributed by atoms with Crippen molar-refractivity contribution in [1.29, 1.82) is 0 Å². The Morgan fingerprint density at radius 2 is 2.00 bits per heavy atom. The molecular weight excluding hydrogens is 490 g/mol. The fraction of sp³-hybridized carbons (Fsp3) is 0.179. The maximum atomic E-state index is 13.6. The number of ether oxygens (including phenoxy) is 3. The van der Waals surface area contributed by atoms with Crippen LogP contribution in [0.4, 0.5) is 5.69 Å². The third kappa shape index (κ3) is 3.86. The lowest BCUT2D eigenvalue weighted by molar-refractivity contribution is -0.386. The van der Waals surface area contributed by atoms with Crippen LogP contribution < -0.4 is 14.2 Å². The highest BCUT2D eigenvalue weighted by Crippen LogP contribution is 2.42. The SMILES string of the molecule is COc1cc(C=CC(=O)N2CCc3c([nH]c4ccccc34)C2c2ccc3c(c2)OCO3)cc([N+](=O)[O-])c1O. The molecule has 2 aliphatic rings. The first kappa shape index (κ1) is 23.4. The first-order valence-corrected chi connectivity index (χ1v) is 12.0. The van der Waals surface area contributed by atoms with Crippen LogP contribution >= 0.6 is 0 Å². The highest BCUT2D eigenvalue weighted by atomic mass is 16.7. The summed E-state index contributed by atoms with van der Waals surface area (Å²) < 4.78 is 16.1. The molecule has 3 heterocycles.